The molecule has 2 rings (SSSR count). The maximum absolute atomic E-state index is 11.9. The summed E-state index contributed by atoms with van der Waals surface area (Å²) < 4.78 is 29.0. The van der Waals surface area contributed by atoms with Crippen molar-refractivity contribution in [2.24, 2.45) is 0 Å². The van der Waals surface area contributed by atoms with E-state index in [2.05, 4.69) is 9.97 Å². The Balaban J connectivity index is 2.23. The number of Topliss-reactive ketones (excluding diaryl/α,β-unsaturated/α-hetero) is 1. The summed E-state index contributed by atoms with van der Waals surface area (Å²) >= 11 is -1.73. The zero-order chi connectivity index (χ0) is 18.4. The van der Waals surface area contributed by atoms with Gasteiger partial charge in [0, 0.05) is 24.8 Å². The molecule has 0 aliphatic heterocycles. The summed E-state index contributed by atoms with van der Waals surface area (Å²) in [5.41, 5.74) is 0.565. The standard InChI is InChI=1S/C15H15N3O5S2/c1-10(19)24-9-13(20)11-3-5-14(16-7-11)18(25(21)22)12-4-6-15(23-2)17-8-12/h3-8H,9H2,1-2H3,(H,21,22)/p-1. The molecule has 0 saturated carbocycles. The fraction of sp³-hybridized carbons (Fsp3) is 0.200. The molecule has 0 radical (unpaired) electrons. The van der Waals surface area contributed by atoms with Crippen LogP contribution in [0, 0.1) is 0 Å². The van der Waals surface area contributed by atoms with Crippen molar-refractivity contribution >= 4 is 45.4 Å². The molecule has 10 heteroatoms. The van der Waals surface area contributed by atoms with Gasteiger partial charge in [-0.15, -0.1) is 0 Å². The number of ether oxygens (including phenoxy) is 1. The lowest BCUT2D eigenvalue weighted by atomic mass is 10.2. The summed E-state index contributed by atoms with van der Waals surface area (Å²) in [6, 6.07) is 5.91. The largest absolute Gasteiger partial charge is 0.755 e. The maximum atomic E-state index is 11.9. The lowest BCUT2D eigenvalue weighted by Gasteiger charge is -2.25. The van der Waals surface area contributed by atoms with Gasteiger partial charge in [0.2, 0.25) is 5.88 Å². The van der Waals surface area contributed by atoms with Crippen LogP contribution in [0.4, 0.5) is 11.5 Å². The van der Waals surface area contributed by atoms with Crippen LogP contribution in [0.5, 0.6) is 5.88 Å². The topological polar surface area (TPSA) is 113 Å². The molecule has 2 aromatic heterocycles. The first kappa shape index (κ1) is 19.0. The van der Waals surface area contributed by atoms with Crippen LogP contribution < -0.4 is 9.04 Å². The van der Waals surface area contributed by atoms with E-state index in [-0.39, 0.29) is 28.2 Å². The summed E-state index contributed by atoms with van der Waals surface area (Å²) in [6.07, 6.45) is 2.61. The number of pyridine rings is 2. The van der Waals surface area contributed by atoms with Gasteiger partial charge in [0.15, 0.2) is 10.9 Å². The minimum atomic E-state index is -2.63. The second kappa shape index (κ2) is 8.70. The molecule has 0 bridgehead atoms. The van der Waals surface area contributed by atoms with Crippen LogP contribution in [0.3, 0.4) is 0 Å². The highest BCUT2D eigenvalue weighted by Gasteiger charge is 2.14. The number of anilines is 2. The van der Waals surface area contributed by atoms with Gasteiger partial charge < -0.3 is 9.29 Å². The van der Waals surface area contributed by atoms with Crippen molar-refractivity contribution in [2.45, 2.75) is 6.92 Å². The van der Waals surface area contributed by atoms with Gasteiger partial charge in [0.05, 0.1) is 36.0 Å². The first-order valence-corrected chi connectivity index (χ1v) is 8.96. The molecule has 132 valence electrons. The molecule has 0 aromatic carbocycles. The third-order valence-corrected chi connectivity index (χ3v) is 4.51. The van der Waals surface area contributed by atoms with Gasteiger partial charge in [-0.2, -0.15) is 0 Å². The van der Waals surface area contributed by atoms with Crippen molar-refractivity contribution in [2.75, 3.05) is 17.2 Å². The van der Waals surface area contributed by atoms with Crippen LogP contribution in [0.1, 0.15) is 17.3 Å². The fourth-order valence-electron chi connectivity index (χ4n) is 1.83. The lowest BCUT2D eigenvalue weighted by molar-refractivity contribution is -0.109. The van der Waals surface area contributed by atoms with Crippen LogP contribution in [-0.2, 0) is 16.1 Å². The highest BCUT2D eigenvalue weighted by atomic mass is 32.2. The first-order chi connectivity index (χ1) is 11.9. The minimum absolute atomic E-state index is 0.00988. The number of methoxy groups -OCH3 is 1. The number of hydrogen-bond acceptors (Lipinski definition) is 8. The Kier molecular flexibility index (Phi) is 6.62. The number of rotatable bonds is 7. The van der Waals surface area contributed by atoms with Crippen molar-refractivity contribution in [1.82, 2.24) is 9.97 Å². The smallest absolute Gasteiger partial charge is 0.213 e. The Bertz CT molecular complexity index is 781. The molecule has 0 amide bonds. The Labute approximate surface area is 151 Å². The van der Waals surface area contributed by atoms with Crippen molar-refractivity contribution in [1.29, 1.82) is 0 Å². The Morgan fingerprint density at radius 2 is 2.00 bits per heavy atom. The molecular formula is C15H14N3O5S2-. The number of carbonyl (C=O) groups is 2. The third-order valence-electron chi connectivity index (χ3n) is 3.00. The molecular weight excluding hydrogens is 366 g/mol. The van der Waals surface area contributed by atoms with Crippen molar-refractivity contribution in [3.8, 4) is 5.88 Å². The highest BCUT2D eigenvalue weighted by Crippen LogP contribution is 2.25. The second-order valence-corrected chi connectivity index (χ2v) is 6.63. The lowest BCUT2D eigenvalue weighted by Crippen LogP contribution is -2.21. The molecule has 0 saturated heterocycles. The molecule has 0 aliphatic carbocycles. The van der Waals surface area contributed by atoms with Crippen LogP contribution in [0.2, 0.25) is 0 Å². The highest BCUT2D eigenvalue weighted by molar-refractivity contribution is 8.14. The van der Waals surface area contributed by atoms with Gasteiger partial charge in [0.1, 0.15) is 5.82 Å². The molecule has 1 unspecified atom stereocenters. The van der Waals surface area contributed by atoms with E-state index in [1.165, 1.54) is 50.7 Å². The predicted molar refractivity (Wildman–Crippen MR) is 93.6 cm³/mol. The summed E-state index contributed by atoms with van der Waals surface area (Å²) in [5.74, 6) is 0.198. The molecule has 0 spiro atoms. The summed E-state index contributed by atoms with van der Waals surface area (Å²) in [6.45, 7) is 1.38. The zero-order valence-corrected chi connectivity index (χ0v) is 15.0. The predicted octanol–water partition coefficient (Wildman–Crippen LogP) is 1.88. The normalized spacial score (nSPS) is 11.6. The average Bonchev–Trinajstić information content (AvgIpc) is 2.60. The van der Waals surface area contributed by atoms with Crippen molar-refractivity contribution in [3.05, 3.63) is 42.2 Å². The number of nitrogens with zero attached hydrogens (tertiary/aromatic N) is 3. The monoisotopic (exact) mass is 380 g/mol. The van der Waals surface area contributed by atoms with Gasteiger partial charge in [-0.1, -0.05) is 11.8 Å². The van der Waals surface area contributed by atoms with E-state index < -0.39 is 11.3 Å². The van der Waals surface area contributed by atoms with Crippen LogP contribution in [0.25, 0.3) is 0 Å². The van der Waals surface area contributed by atoms with Gasteiger partial charge >= 0.3 is 0 Å². The number of carbonyl (C=O) groups excluding carboxylic acids is 2. The van der Waals surface area contributed by atoms with E-state index in [1.807, 2.05) is 0 Å². The summed E-state index contributed by atoms with van der Waals surface area (Å²) in [7, 11) is 1.45. The summed E-state index contributed by atoms with van der Waals surface area (Å²) in [4.78, 5) is 30.8. The Morgan fingerprint density at radius 3 is 2.48 bits per heavy atom. The number of aromatic nitrogens is 2. The van der Waals surface area contributed by atoms with E-state index in [9.17, 15) is 18.4 Å². The first-order valence-electron chi connectivity index (χ1n) is 6.94. The van der Waals surface area contributed by atoms with Gasteiger partial charge in [0.25, 0.3) is 0 Å². The van der Waals surface area contributed by atoms with E-state index >= 15 is 0 Å². The average molecular weight is 380 g/mol. The second-order valence-electron chi connectivity index (χ2n) is 4.68. The Morgan fingerprint density at radius 1 is 1.24 bits per heavy atom. The quantitative estimate of drug-likeness (QED) is 0.528. The van der Waals surface area contributed by atoms with Gasteiger partial charge in [-0.25, -0.2) is 9.97 Å². The van der Waals surface area contributed by atoms with Crippen molar-refractivity contribution < 1.29 is 23.1 Å². The molecule has 0 aliphatic rings. The number of hydrogen-bond donors (Lipinski definition) is 0. The van der Waals surface area contributed by atoms with E-state index in [1.54, 1.807) is 0 Å². The van der Waals surface area contributed by atoms with Crippen LogP contribution in [-0.4, -0.2) is 42.5 Å². The number of thioether (sulfide) groups is 1. The van der Waals surface area contributed by atoms with E-state index in [0.717, 1.165) is 16.1 Å². The van der Waals surface area contributed by atoms with Crippen molar-refractivity contribution in [3.63, 3.8) is 0 Å². The Hall–Kier alpha value is -2.30. The molecule has 1 atom stereocenters. The SMILES string of the molecule is COc1ccc(N(c2ccc(C(=O)CSC(C)=O)cn2)S(=O)[O-])cn1. The van der Waals surface area contributed by atoms with Gasteiger partial charge in [-0.3, -0.25) is 18.1 Å². The van der Waals surface area contributed by atoms with Crippen LogP contribution in [0.15, 0.2) is 36.7 Å². The molecule has 8 nitrogen and oxygen atoms in total. The molecule has 2 heterocycles. The molecule has 0 N–H and O–H groups in total. The van der Waals surface area contributed by atoms with E-state index in [0.29, 0.717) is 11.4 Å². The molecule has 2 aromatic rings. The van der Waals surface area contributed by atoms with Gasteiger partial charge in [-0.05, 0) is 18.2 Å². The third kappa shape index (κ3) is 5.08. The zero-order valence-electron chi connectivity index (χ0n) is 13.4. The van der Waals surface area contributed by atoms with Crippen LogP contribution >= 0.6 is 11.8 Å². The number of ketones is 1. The van der Waals surface area contributed by atoms with E-state index in [4.69, 9.17) is 4.74 Å². The fourth-order valence-corrected chi connectivity index (χ4v) is 2.87. The molecule has 0 fully saturated rings. The minimum Gasteiger partial charge on any atom is -0.755 e. The summed E-state index contributed by atoms with van der Waals surface area (Å²) in [5, 5.41) is -0.155. The molecule has 25 heavy (non-hydrogen) atoms. The maximum Gasteiger partial charge on any atom is 0.213 e.